The number of amides is 1. The Morgan fingerprint density at radius 1 is 1.24 bits per heavy atom. The highest BCUT2D eigenvalue weighted by molar-refractivity contribution is 5.77. The molecule has 4 heteroatoms. The zero-order chi connectivity index (χ0) is 16.0. The van der Waals surface area contributed by atoms with Crippen molar-refractivity contribution in [3.05, 3.63) is 28.8 Å². The fourth-order valence-corrected chi connectivity index (χ4v) is 2.26. The second-order valence-electron chi connectivity index (χ2n) is 6.23. The molecule has 0 aliphatic heterocycles. The fourth-order valence-electron chi connectivity index (χ4n) is 2.26. The lowest BCUT2D eigenvalue weighted by molar-refractivity contribution is -0.123. The largest absolute Gasteiger partial charge is 0.483 e. The average molecular weight is 292 g/mol. The Labute approximate surface area is 128 Å². The van der Waals surface area contributed by atoms with Gasteiger partial charge < -0.3 is 15.8 Å². The van der Waals surface area contributed by atoms with Gasteiger partial charge in [-0.2, -0.15) is 0 Å². The number of rotatable bonds is 7. The standard InChI is InChI=1S/C17H28N2O2/c1-11(2)9-19-16(20)10-21-17-12(3)6-15(7-13(17)4)8-14(5)18/h6-7,11,14H,8-10,18H2,1-5H3,(H,19,20). The van der Waals surface area contributed by atoms with Gasteiger partial charge in [0.15, 0.2) is 6.61 Å². The minimum atomic E-state index is -0.0813. The SMILES string of the molecule is Cc1cc(CC(C)N)cc(C)c1OCC(=O)NCC(C)C. The van der Waals surface area contributed by atoms with Crippen LogP contribution in [0.2, 0.25) is 0 Å². The lowest BCUT2D eigenvalue weighted by Crippen LogP contribution is -2.31. The number of ether oxygens (including phenoxy) is 1. The molecule has 0 aliphatic carbocycles. The molecule has 0 saturated carbocycles. The predicted molar refractivity (Wildman–Crippen MR) is 86.6 cm³/mol. The van der Waals surface area contributed by atoms with Crippen LogP contribution in [0.15, 0.2) is 12.1 Å². The summed E-state index contributed by atoms with van der Waals surface area (Å²) in [5, 5.41) is 2.85. The maximum atomic E-state index is 11.7. The van der Waals surface area contributed by atoms with E-state index in [-0.39, 0.29) is 18.6 Å². The molecule has 0 aromatic heterocycles. The molecule has 0 aliphatic rings. The summed E-state index contributed by atoms with van der Waals surface area (Å²) in [4.78, 5) is 11.7. The van der Waals surface area contributed by atoms with Gasteiger partial charge in [0, 0.05) is 12.6 Å². The Bertz CT molecular complexity index is 459. The van der Waals surface area contributed by atoms with Crippen LogP contribution in [0, 0.1) is 19.8 Å². The van der Waals surface area contributed by atoms with Crippen LogP contribution in [0.1, 0.15) is 37.5 Å². The van der Waals surface area contributed by atoms with E-state index in [1.54, 1.807) is 0 Å². The summed E-state index contributed by atoms with van der Waals surface area (Å²) in [7, 11) is 0. The fraction of sp³-hybridized carbons (Fsp3) is 0.588. The molecular formula is C17H28N2O2. The molecule has 0 heterocycles. The summed E-state index contributed by atoms with van der Waals surface area (Å²) in [5.74, 6) is 1.15. The zero-order valence-corrected chi connectivity index (χ0v) is 13.8. The van der Waals surface area contributed by atoms with E-state index in [1.165, 1.54) is 5.56 Å². The first-order valence-corrected chi connectivity index (χ1v) is 7.54. The van der Waals surface area contributed by atoms with Crippen LogP contribution in [0.5, 0.6) is 5.75 Å². The van der Waals surface area contributed by atoms with Crippen LogP contribution < -0.4 is 15.8 Å². The lowest BCUT2D eigenvalue weighted by Gasteiger charge is -2.15. The van der Waals surface area contributed by atoms with Gasteiger partial charge in [0.25, 0.3) is 5.91 Å². The van der Waals surface area contributed by atoms with Gasteiger partial charge in [0.1, 0.15) is 5.75 Å². The number of hydrogen-bond donors (Lipinski definition) is 2. The van der Waals surface area contributed by atoms with E-state index in [1.807, 2.05) is 20.8 Å². The highest BCUT2D eigenvalue weighted by Crippen LogP contribution is 2.25. The molecule has 0 bridgehead atoms. The predicted octanol–water partition coefficient (Wildman–Crippen LogP) is 2.34. The molecule has 0 fully saturated rings. The van der Waals surface area contributed by atoms with E-state index in [4.69, 9.17) is 10.5 Å². The van der Waals surface area contributed by atoms with Gasteiger partial charge in [-0.25, -0.2) is 0 Å². The third kappa shape index (κ3) is 6.17. The van der Waals surface area contributed by atoms with E-state index in [0.29, 0.717) is 12.5 Å². The van der Waals surface area contributed by atoms with Crippen LogP contribution in [0.4, 0.5) is 0 Å². The highest BCUT2D eigenvalue weighted by atomic mass is 16.5. The summed E-state index contributed by atoms with van der Waals surface area (Å²) in [5.41, 5.74) is 9.13. The second kappa shape index (κ2) is 8.03. The van der Waals surface area contributed by atoms with Crippen LogP contribution >= 0.6 is 0 Å². The second-order valence-corrected chi connectivity index (χ2v) is 6.23. The molecule has 1 amide bonds. The molecule has 0 saturated heterocycles. The Morgan fingerprint density at radius 3 is 2.29 bits per heavy atom. The van der Waals surface area contributed by atoms with Crippen molar-refractivity contribution >= 4 is 5.91 Å². The Balaban J connectivity index is 2.65. The number of carbonyl (C=O) groups is 1. The average Bonchev–Trinajstić information content (AvgIpc) is 2.34. The normalized spacial score (nSPS) is 12.3. The molecule has 21 heavy (non-hydrogen) atoms. The first-order chi connectivity index (χ1) is 9.79. The molecule has 1 rings (SSSR count). The monoisotopic (exact) mass is 292 g/mol. The minimum absolute atomic E-state index is 0.0566. The van der Waals surface area contributed by atoms with E-state index >= 15 is 0 Å². The van der Waals surface area contributed by atoms with Crippen LogP contribution in [0.25, 0.3) is 0 Å². The number of hydrogen-bond acceptors (Lipinski definition) is 3. The summed E-state index contributed by atoms with van der Waals surface area (Å²) >= 11 is 0. The molecule has 3 N–H and O–H groups in total. The molecule has 0 radical (unpaired) electrons. The first-order valence-electron chi connectivity index (χ1n) is 7.54. The van der Waals surface area contributed by atoms with Crippen molar-refractivity contribution < 1.29 is 9.53 Å². The van der Waals surface area contributed by atoms with Crippen molar-refractivity contribution in [2.45, 2.75) is 47.1 Å². The molecule has 118 valence electrons. The van der Waals surface area contributed by atoms with Gasteiger partial charge in [-0.15, -0.1) is 0 Å². The highest BCUT2D eigenvalue weighted by Gasteiger charge is 2.10. The number of benzene rings is 1. The smallest absolute Gasteiger partial charge is 0.257 e. The van der Waals surface area contributed by atoms with Crippen molar-refractivity contribution in [2.75, 3.05) is 13.2 Å². The summed E-state index contributed by atoms with van der Waals surface area (Å²) < 4.78 is 5.68. The van der Waals surface area contributed by atoms with Crippen molar-refractivity contribution in [1.29, 1.82) is 0 Å². The van der Waals surface area contributed by atoms with Gasteiger partial charge in [-0.3, -0.25) is 4.79 Å². The number of nitrogens with two attached hydrogens (primary N) is 1. The van der Waals surface area contributed by atoms with Crippen molar-refractivity contribution in [1.82, 2.24) is 5.32 Å². The summed E-state index contributed by atoms with van der Waals surface area (Å²) in [6.07, 6.45) is 0.844. The maximum absolute atomic E-state index is 11.7. The van der Waals surface area contributed by atoms with E-state index in [9.17, 15) is 4.79 Å². The number of carbonyl (C=O) groups excluding carboxylic acids is 1. The third-order valence-electron chi connectivity index (χ3n) is 3.13. The Hall–Kier alpha value is -1.55. The Kier molecular flexibility index (Phi) is 6.69. The summed E-state index contributed by atoms with van der Waals surface area (Å²) in [6.45, 7) is 10.8. The van der Waals surface area contributed by atoms with Gasteiger partial charge in [0.2, 0.25) is 0 Å². The summed E-state index contributed by atoms with van der Waals surface area (Å²) in [6, 6.07) is 4.30. The molecular weight excluding hydrogens is 264 g/mol. The van der Waals surface area contributed by atoms with Crippen molar-refractivity contribution in [3.8, 4) is 5.75 Å². The van der Waals surface area contributed by atoms with Crippen molar-refractivity contribution in [3.63, 3.8) is 0 Å². The van der Waals surface area contributed by atoms with E-state index in [0.717, 1.165) is 23.3 Å². The quantitative estimate of drug-likeness (QED) is 0.811. The minimum Gasteiger partial charge on any atom is -0.483 e. The third-order valence-corrected chi connectivity index (χ3v) is 3.13. The topological polar surface area (TPSA) is 64.3 Å². The maximum Gasteiger partial charge on any atom is 0.257 e. The molecule has 1 unspecified atom stereocenters. The van der Waals surface area contributed by atoms with E-state index in [2.05, 4.69) is 31.3 Å². The van der Waals surface area contributed by atoms with Crippen LogP contribution in [-0.4, -0.2) is 25.1 Å². The van der Waals surface area contributed by atoms with E-state index < -0.39 is 0 Å². The molecule has 1 atom stereocenters. The zero-order valence-electron chi connectivity index (χ0n) is 13.8. The van der Waals surface area contributed by atoms with Crippen molar-refractivity contribution in [2.24, 2.45) is 11.7 Å². The molecule has 1 aromatic carbocycles. The van der Waals surface area contributed by atoms with Gasteiger partial charge in [0.05, 0.1) is 0 Å². The molecule has 1 aromatic rings. The number of nitrogens with one attached hydrogen (secondary N) is 1. The molecule has 4 nitrogen and oxygen atoms in total. The first kappa shape index (κ1) is 17.5. The van der Waals surface area contributed by atoms with Gasteiger partial charge in [-0.1, -0.05) is 26.0 Å². The van der Waals surface area contributed by atoms with Gasteiger partial charge in [-0.05, 0) is 49.8 Å². The molecule has 0 spiro atoms. The van der Waals surface area contributed by atoms with Crippen LogP contribution in [0.3, 0.4) is 0 Å². The van der Waals surface area contributed by atoms with Gasteiger partial charge >= 0.3 is 0 Å². The lowest BCUT2D eigenvalue weighted by atomic mass is 10.0. The number of aryl methyl sites for hydroxylation is 2. The van der Waals surface area contributed by atoms with Crippen LogP contribution in [-0.2, 0) is 11.2 Å². The Morgan fingerprint density at radius 2 is 1.81 bits per heavy atom.